The van der Waals surface area contributed by atoms with Crippen LogP contribution in [0.5, 0.6) is 0 Å². The molecule has 0 aliphatic rings. The van der Waals surface area contributed by atoms with Gasteiger partial charge in [0.1, 0.15) is 5.69 Å². The molecule has 0 aliphatic heterocycles. The summed E-state index contributed by atoms with van der Waals surface area (Å²) in [5.41, 5.74) is 10.5. The fourth-order valence-electron chi connectivity index (χ4n) is 2.33. The number of hydrogen-bond acceptors (Lipinski definition) is 5. The smallest absolute Gasteiger partial charge is 0.189 e. The Hall–Kier alpha value is -2.70. The van der Waals surface area contributed by atoms with E-state index in [2.05, 4.69) is 27.5 Å². The molecule has 108 valence electrons. The first-order chi connectivity index (χ1) is 10.1. The molecule has 0 atom stereocenters. The van der Waals surface area contributed by atoms with Gasteiger partial charge in [0.05, 0.1) is 11.9 Å². The highest BCUT2D eigenvalue weighted by Gasteiger charge is 2.17. The minimum atomic E-state index is 0.624. The van der Waals surface area contributed by atoms with Gasteiger partial charge in [0.15, 0.2) is 5.82 Å². The summed E-state index contributed by atoms with van der Waals surface area (Å²) in [5, 5.41) is 16.5. The SMILES string of the molecule is CCc1nn(C)cc1-n1nnnc1-c1cc(C)ccc1N. The lowest BCUT2D eigenvalue weighted by Gasteiger charge is -2.07. The Morgan fingerprint density at radius 2 is 2.10 bits per heavy atom. The van der Waals surface area contributed by atoms with Crippen LogP contribution in [-0.4, -0.2) is 30.0 Å². The predicted molar refractivity (Wildman–Crippen MR) is 79.9 cm³/mol. The number of benzene rings is 1. The van der Waals surface area contributed by atoms with E-state index >= 15 is 0 Å². The molecule has 0 saturated carbocycles. The van der Waals surface area contributed by atoms with Crippen LogP contribution >= 0.6 is 0 Å². The van der Waals surface area contributed by atoms with Gasteiger partial charge in [0.25, 0.3) is 0 Å². The maximum atomic E-state index is 6.07. The van der Waals surface area contributed by atoms with Crippen molar-refractivity contribution in [2.75, 3.05) is 5.73 Å². The average molecular weight is 283 g/mol. The van der Waals surface area contributed by atoms with E-state index in [1.807, 2.05) is 38.4 Å². The highest BCUT2D eigenvalue weighted by atomic mass is 15.5. The lowest BCUT2D eigenvalue weighted by atomic mass is 10.1. The monoisotopic (exact) mass is 283 g/mol. The third kappa shape index (κ3) is 2.26. The number of aromatic nitrogens is 6. The van der Waals surface area contributed by atoms with E-state index in [0.29, 0.717) is 11.5 Å². The zero-order chi connectivity index (χ0) is 15.0. The van der Waals surface area contributed by atoms with Crippen molar-refractivity contribution >= 4 is 5.69 Å². The van der Waals surface area contributed by atoms with E-state index in [4.69, 9.17) is 5.73 Å². The van der Waals surface area contributed by atoms with Gasteiger partial charge in [0.2, 0.25) is 0 Å². The Kier molecular flexibility index (Phi) is 3.17. The molecule has 0 radical (unpaired) electrons. The molecule has 0 unspecified atom stereocenters. The molecule has 0 amide bonds. The van der Waals surface area contributed by atoms with Crippen molar-refractivity contribution in [1.29, 1.82) is 0 Å². The molecule has 2 N–H and O–H groups in total. The first-order valence-corrected chi connectivity index (χ1v) is 6.78. The van der Waals surface area contributed by atoms with E-state index in [9.17, 15) is 0 Å². The Labute approximate surface area is 122 Å². The van der Waals surface area contributed by atoms with Crippen LogP contribution in [0.2, 0.25) is 0 Å². The van der Waals surface area contributed by atoms with Crippen molar-refractivity contribution in [2.24, 2.45) is 7.05 Å². The third-order valence-corrected chi connectivity index (χ3v) is 3.37. The molecular formula is C14H17N7. The molecular weight excluding hydrogens is 266 g/mol. The minimum Gasteiger partial charge on any atom is -0.398 e. The van der Waals surface area contributed by atoms with Gasteiger partial charge < -0.3 is 5.73 Å². The van der Waals surface area contributed by atoms with Gasteiger partial charge in [-0.3, -0.25) is 4.68 Å². The largest absolute Gasteiger partial charge is 0.398 e. The Morgan fingerprint density at radius 1 is 1.29 bits per heavy atom. The number of nitrogen functional groups attached to an aromatic ring is 1. The summed E-state index contributed by atoms with van der Waals surface area (Å²) in [5.74, 6) is 0.624. The van der Waals surface area contributed by atoms with Crippen LogP contribution in [-0.2, 0) is 13.5 Å². The van der Waals surface area contributed by atoms with Crippen molar-refractivity contribution in [3.05, 3.63) is 35.7 Å². The van der Waals surface area contributed by atoms with Crippen molar-refractivity contribution in [3.8, 4) is 17.1 Å². The van der Waals surface area contributed by atoms with E-state index < -0.39 is 0 Å². The number of anilines is 1. The summed E-state index contributed by atoms with van der Waals surface area (Å²) in [6.45, 7) is 4.06. The number of rotatable bonds is 3. The van der Waals surface area contributed by atoms with Crippen molar-refractivity contribution < 1.29 is 0 Å². The fourth-order valence-corrected chi connectivity index (χ4v) is 2.33. The zero-order valence-corrected chi connectivity index (χ0v) is 12.3. The van der Waals surface area contributed by atoms with E-state index in [0.717, 1.165) is 28.9 Å². The summed E-state index contributed by atoms with van der Waals surface area (Å²) in [6, 6.07) is 5.82. The van der Waals surface area contributed by atoms with Crippen molar-refractivity contribution in [3.63, 3.8) is 0 Å². The Balaban J connectivity index is 2.19. The molecule has 7 nitrogen and oxygen atoms in total. The molecule has 1 aromatic carbocycles. The predicted octanol–water partition coefficient (Wildman–Crippen LogP) is 1.52. The number of hydrogen-bond donors (Lipinski definition) is 1. The second-order valence-corrected chi connectivity index (χ2v) is 4.99. The standard InChI is InChI=1S/C14H17N7/c1-4-12-13(8-20(3)17-12)21-14(16-18-19-21)10-7-9(2)5-6-11(10)15/h5-8H,4,15H2,1-3H3. The average Bonchev–Trinajstić information content (AvgIpc) is 3.07. The molecule has 0 spiro atoms. The number of tetrazole rings is 1. The molecule has 2 heterocycles. The molecule has 0 aliphatic carbocycles. The molecule has 0 bridgehead atoms. The number of aryl methyl sites for hydroxylation is 3. The molecule has 0 saturated heterocycles. The van der Waals surface area contributed by atoms with E-state index in [1.165, 1.54) is 0 Å². The maximum absolute atomic E-state index is 6.07. The maximum Gasteiger partial charge on any atom is 0.189 e. The highest BCUT2D eigenvalue weighted by Crippen LogP contribution is 2.27. The summed E-state index contributed by atoms with van der Waals surface area (Å²) >= 11 is 0. The number of nitrogens with zero attached hydrogens (tertiary/aromatic N) is 6. The molecule has 2 aromatic heterocycles. The van der Waals surface area contributed by atoms with Crippen LogP contribution in [0.15, 0.2) is 24.4 Å². The van der Waals surface area contributed by atoms with Crippen molar-refractivity contribution in [1.82, 2.24) is 30.0 Å². The molecule has 7 heteroatoms. The Bertz CT molecular complexity index is 784. The third-order valence-electron chi connectivity index (χ3n) is 3.37. The molecule has 3 rings (SSSR count). The lowest BCUT2D eigenvalue weighted by molar-refractivity contribution is 0.746. The summed E-state index contributed by atoms with van der Waals surface area (Å²) in [4.78, 5) is 0. The quantitative estimate of drug-likeness (QED) is 0.736. The second kappa shape index (κ2) is 5.01. The topological polar surface area (TPSA) is 87.4 Å². The first-order valence-electron chi connectivity index (χ1n) is 6.78. The van der Waals surface area contributed by atoms with Crippen LogP contribution in [0.25, 0.3) is 17.1 Å². The summed E-state index contributed by atoms with van der Waals surface area (Å²) in [6.07, 6.45) is 2.71. The highest BCUT2D eigenvalue weighted by molar-refractivity contribution is 5.73. The van der Waals surface area contributed by atoms with Gasteiger partial charge >= 0.3 is 0 Å². The van der Waals surface area contributed by atoms with Gasteiger partial charge in [-0.25, -0.2) is 0 Å². The van der Waals surface area contributed by atoms with Crippen LogP contribution in [0.3, 0.4) is 0 Å². The van der Waals surface area contributed by atoms with Crippen LogP contribution in [0.1, 0.15) is 18.2 Å². The molecule has 21 heavy (non-hydrogen) atoms. The van der Waals surface area contributed by atoms with Gasteiger partial charge in [-0.2, -0.15) is 9.78 Å². The normalized spacial score (nSPS) is 11.0. The zero-order valence-electron chi connectivity index (χ0n) is 12.3. The summed E-state index contributed by atoms with van der Waals surface area (Å²) < 4.78 is 3.45. The fraction of sp³-hybridized carbons (Fsp3) is 0.286. The van der Waals surface area contributed by atoms with Crippen LogP contribution < -0.4 is 5.73 Å². The molecule has 0 fully saturated rings. The number of nitrogens with two attached hydrogens (primary N) is 1. The van der Waals surface area contributed by atoms with E-state index in [1.54, 1.807) is 9.36 Å². The first kappa shape index (κ1) is 13.3. The van der Waals surface area contributed by atoms with E-state index in [-0.39, 0.29) is 0 Å². The summed E-state index contributed by atoms with van der Waals surface area (Å²) in [7, 11) is 1.88. The van der Waals surface area contributed by atoms with Gasteiger partial charge in [-0.15, -0.1) is 5.10 Å². The van der Waals surface area contributed by atoms with Crippen molar-refractivity contribution in [2.45, 2.75) is 20.3 Å². The van der Waals surface area contributed by atoms with Gasteiger partial charge in [0, 0.05) is 18.3 Å². The second-order valence-electron chi connectivity index (χ2n) is 4.99. The van der Waals surface area contributed by atoms with Crippen LogP contribution in [0, 0.1) is 6.92 Å². The minimum absolute atomic E-state index is 0.624. The Morgan fingerprint density at radius 3 is 2.86 bits per heavy atom. The van der Waals surface area contributed by atoms with Gasteiger partial charge in [-0.1, -0.05) is 18.6 Å². The molecule has 3 aromatic rings. The van der Waals surface area contributed by atoms with Crippen LogP contribution in [0.4, 0.5) is 5.69 Å². The van der Waals surface area contributed by atoms with Gasteiger partial charge in [-0.05, 0) is 35.9 Å². The lowest BCUT2D eigenvalue weighted by Crippen LogP contribution is -2.03.